The van der Waals surface area contributed by atoms with Crippen LogP contribution in [0.3, 0.4) is 0 Å². The molecule has 2 bridgehead atoms. The number of rotatable bonds is 3. The highest BCUT2D eigenvalue weighted by Crippen LogP contribution is 2.36. The first-order chi connectivity index (χ1) is 14.7. The van der Waals surface area contributed by atoms with Gasteiger partial charge in [-0.25, -0.2) is 9.37 Å². The van der Waals surface area contributed by atoms with E-state index >= 15 is 4.39 Å². The molecule has 0 aliphatic carbocycles. The number of imidazole rings is 1. The molecular weight excluding hydrogens is 381 g/mol. The van der Waals surface area contributed by atoms with Crippen molar-refractivity contribution in [3.05, 3.63) is 58.6 Å². The third-order valence-electron chi connectivity index (χ3n) is 6.60. The van der Waals surface area contributed by atoms with Gasteiger partial charge in [-0.15, -0.1) is 0 Å². The van der Waals surface area contributed by atoms with Crippen LogP contribution >= 0.6 is 0 Å². The number of benzene rings is 2. The number of piperidine rings is 3. The van der Waals surface area contributed by atoms with E-state index < -0.39 is 0 Å². The second kappa shape index (κ2) is 6.67. The molecule has 0 amide bonds. The van der Waals surface area contributed by atoms with Crippen molar-refractivity contribution in [1.29, 1.82) is 0 Å². The molecule has 2 aromatic carbocycles. The maximum absolute atomic E-state index is 15.0. The Morgan fingerprint density at radius 3 is 2.60 bits per heavy atom. The number of nitrogens with one attached hydrogen (secondary N) is 3. The Labute approximate surface area is 172 Å². The van der Waals surface area contributed by atoms with Crippen LogP contribution in [0.1, 0.15) is 12.8 Å². The molecule has 3 aliphatic rings. The summed E-state index contributed by atoms with van der Waals surface area (Å²) < 4.78 is 15.0. The summed E-state index contributed by atoms with van der Waals surface area (Å²) in [4.78, 5) is 26.3. The van der Waals surface area contributed by atoms with Gasteiger partial charge in [-0.05, 0) is 56.1 Å². The Morgan fingerprint density at radius 1 is 1.03 bits per heavy atom. The van der Waals surface area contributed by atoms with Crippen LogP contribution in [0.25, 0.3) is 33.3 Å². The Balaban J connectivity index is 1.58. The lowest BCUT2D eigenvalue weighted by Gasteiger charge is -2.45. The summed E-state index contributed by atoms with van der Waals surface area (Å²) in [5.41, 5.74) is 2.72. The second-order valence-corrected chi connectivity index (χ2v) is 8.36. The molecule has 3 saturated heterocycles. The molecule has 2 aromatic heterocycles. The molecule has 0 radical (unpaired) electrons. The van der Waals surface area contributed by atoms with Gasteiger partial charge in [0, 0.05) is 12.6 Å². The molecule has 3 aliphatic heterocycles. The number of pyridine rings is 1. The van der Waals surface area contributed by atoms with Crippen LogP contribution in [0.15, 0.2) is 47.3 Å². The van der Waals surface area contributed by atoms with E-state index in [1.165, 1.54) is 6.07 Å². The lowest BCUT2D eigenvalue weighted by Crippen LogP contribution is -2.53. The van der Waals surface area contributed by atoms with Crippen LogP contribution in [0.5, 0.6) is 0 Å². The Kier molecular flexibility index (Phi) is 3.92. The van der Waals surface area contributed by atoms with Gasteiger partial charge in [0.1, 0.15) is 17.2 Å². The quantitative estimate of drug-likeness (QED) is 0.487. The Morgan fingerprint density at radius 2 is 1.83 bits per heavy atom. The van der Waals surface area contributed by atoms with Crippen LogP contribution < -0.4 is 10.9 Å². The molecule has 3 N–H and O–H groups in total. The average molecular weight is 403 g/mol. The number of para-hydroxylation sites is 2. The van der Waals surface area contributed by atoms with Gasteiger partial charge in [0.15, 0.2) is 0 Å². The van der Waals surface area contributed by atoms with Gasteiger partial charge in [-0.3, -0.25) is 4.79 Å². The van der Waals surface area contributed by atoms with E-state index in [9.17, 15) is 4.79 Å². The van der Waals surface area contributed by atoms with Gasteiger partial charge >= 0.3 is 0 Å². The first kappa shape index (κ1) is 17.7. The molecule has 7 rings (SSSR count). The van der Waals surface area contributed by atoms with Crippen molar-refractivity contribution in [3.8, 4) is 11.4 Å². The predicted octanol–water partition coefficient (Wildman–Crippen LogP) is 3.72. The molecule has 6 nitrogen and oxygen atoms in total. The normalized spacial score (nSPS) is 23.3. The fourth-order valence-electron chi connectivity index (χ4n) is 5.06. The van der Waals surface area contributed by atoms with Gasteiger partial charge in [0.05, 0.1) is 27.6 Å². The number of hydrogen-bond donors (Lipinski definition) is 3. The second-order valence-electron chi connectivity index (χ2n) is 8.36. The van der Waals surface area contributed by atoms with Crippen molar-refractivity contribution >= 4 is 27.6 Å². The molecule has 7 heteroatoms. The SMILES string of the molecule is O=c1[nH]c2cccc(F)c2c(N[C@H]2CN3CCC2CC3)c1-c1nc2ccccc2[nH]1. The fraction of sp³-hybridized carbons (Fsp3) is 0.304. The number of aromatic nitrogens is 3. The topological polar surface area (TPSA) is 76.8 Å². The maximum atomic E-state index is 15.0. The molecule has 0 spiro atoms. The molecule has 4 aromatic rings. The summed E-state index contributed by atoms with van der Waals surface area (Å²) >= 11 is 0. The smallest absolute Gasteiger partial charge is 0.261 e. The molecule has 5 heterocycles. The minimum atomic E-state index is -0.357. The summed E-state index contributed by atoms with van der Waals surface area (Å²) in [6, 6.07) is 12.6. The third kappa shape index (κ3) is 2.73. The predicted molar refractivity (Wildman–Crippen MR) is 116 cm³/mol. The molecule has 30 heavy (non-hydrogen) atoms. The lowest BCUT2D eigenvalue weighted by atomic mass is 9.83. The number of fused-ring (bicyclic) bond motifs is 5. The van der Waals surface area contributed by atoms with Crippen molar-refractivity contribution in [1.82, 2.24) is 19.9 Å². The number of H-pyrrole nitrogens is 2. The van der Waals surface area contributed by atoms with Crippen molar-refractivity contribution < 1.29 is 4.39 Å². The Hall–Kier alpha value is -3.19. The number of nitrogens with zero attached hydrogens (tertiary/aromatic N) is 2. The molecular formula is C23H22FN5O. The van der Waals surface area contributed by atoms with Crippen LogP contribution in [0.4, 0.5) is 10.1 Å². The van der Waals surface area contributed by atoms with Crippen molar-refractivity contribution in [2.24, 2.45) is 5.92 Å². The minimum absolute atomic E-state index is 0.181. The summed E-state index contributed by atoms with van der Waals surface area (Å²) in [6.45, 7) is 3.14. The molecule has 0 unspecified atom stereocenters. The van der Waals surface area contributed by atoms with Gasteiger partial charge in [-0.1, -0.05) is 18.2 Å². The van der Waals surface area contributed by atoms with Crippen molar-refractivity contribution in [3.63, 3.8) is 0 Å². The molecule has 0 saturated carbocycles. The summed E-state index contributed by atoms with van der Waals surface area (Å²) in [7, 11) is 0. The first-order valence-corrected chi connectivity index (χ1v) is 10.5. The van der Waals surface area contributed by atoms with Crippen molar-refractivity contribution in [2.75, 3.05) is 25.0 Å². The van der Waals surface area contributed by atoms with Gasteiger partial charge in [-0.2, -0.15) is 0 Å². The summed E-state index contributed by atoms with van der Waals surface area (Å²) in [5.74, 6) is 0.621. The van der Waals surface area contributed by atoms with E-state index in [-0.39, 0.29) is 17.4 Å². The number of halogens is 1. The lowest BCUT2D eigenvalue weighted by molar-refractivity contribution is 0.0976. The standard InChI is InChI=1S/C23H22FN5O/c24-14-4-3-7-17-19(14)21(25-18-12-29-10-8-13(18)9-11-29)20(23(30)28-17)22-26-15-5-1-2-6-16(15)27-22/h1-7,13,18H,8-12H2,(H,26,27)(H2,25,28,30)/t18-/m0/s1. The summed E-state index contributed by atoms with van der Waals surface area (Å²) in [6.07, 6.45) is 2.25. The molecule has 152 valence electrons. The number of anilines is 1. The van der Waals surface area contributed by atoms with Gasteiger partial charge < -0.3 is 20.2 Å². The fourth-order valence-corrected chi connectivity index (χ4v) is 5.06. The van der Waals surface area contributed by atoms with Crippen LogP contribution in [-0.4, -0.2) is 45.5 Å². The summed E-state index contributed by atoms with van der Waals surface area (Å²) in [5, 5.41) is 3.99. The Bertz CT molecular complexity index is 1290. The zero-order valence-corrected chi connectivity index (χ0v) is 16.4. The van der Waals surface area contributed by atoms with Gasteiger partial charge in [0.25, 0.3) is 5.56 Å². The van der Waals surface area contributed by atoms with E-state index in [1.54, 1.807) is 12.1 Å². The van der Waals surface area contributed by atoms with Crippen molar-refractivity contribution in [2.45, 2.75) is 18.9 Å². The van der Waals surface area contributed by atoms with E-state index in [0.717, 1.165) is 43.5 Å². The zero-order valence-electron chi connectivity index (χ0n) is 16.4. The minimum Gasteiger partial charge on any atom is -0.379 e. The highest BCUT2D eigenvalue weighted by atomic mass is 19.1. The molecule has 1 atom stereocenters. The van der Waals surface area contributed by atoms with Crippen LogP contribution in [0.2, 0.25) is 0 Å². The van der Waals surface area contributed by atoms with E-state index in [2.05, 4.69) is 25.2 Å². The largest absolute Gasteiger partial charge is 0.379 e. The average Bonchev–Trinajstić information content (AvgIpc) is 3.18. The highest BCUT2D eigenvalue weighted by molar-refractivity contribution is 5.99. The number of hydrogen-bond acceptors (Lipinski definition) is 4. The third-order valence-corrected chi connectivity index (χ3v) is 6.60. The van der Waals surface area contributed by atoms with E-state index in [4.69, 9.17) is 0 Å². The van der Waals surface area contributed by atoms with Crippen LogP contribution in [0, 0.1) is 11.7 Å². The highest BCUT2D eigenvalue weighted by Gasteiger charge is 2.35. The van der Waals surface area contributed by atoms with E-state index in [0.29, 0.717) is 33.9 Å². The number of aromatic amines is 2. The zero-order chi connectivity index (χ0) is 20.2. The first-order valence-electron chi connectivity index (χ1n) is 10.5. The molecule has 3 fully saturated rings. The van der Waals surface area contributed by atoms with Gasteiger partial charge in [0.2, 0.25) is 0 Å². The van der Waals surface area contributed by atoms with Crippen LogP contribution in [-0.2, 0) is 0 Å². The monoisotopic (exact) mass is 403 g/mol. The maximum Gasteiger partial charge on any atom is 0.261 e. The van der Waals surface area contributed by atoms with E-state index in [1.807, 2.05) is 24.3 Å².